The van der Waals surface area contributed by atoms with Crippen molar-refractivity contribution in [2.45, 2.75) is 27.1 Å². The molecule has 5 nitrogen and oxygen atoms in total. The van der Waals surface area contributed by atoms with Crippen LogP contribution in [0.2, 0.25) is 0 Å². The van der Waals surface area contributed by atoms with Gasteiger partial charge < -0.3 is 14.6 Å². The fourth-order valence-electron chi connectivity index (χ4n) is 1.28. The number of phenols is 1. The van der Waals surface area contributed by atoms with Crippen LogP contribution in [-0.4, -0.2) is 17.0 Å². The molecule has 17 heavy (non-hydrogen) atoms. The Balaban J connectivity index is 2.71. The van der Waals surface area contributed by atoms with Crippen molar-refractivity contribution in [3.05, 3.63) is 29.3 Å². The van der Waals surface area contributed by atoms with Gasteiger partial charge in [-0.3, -0.25) is 9.59 Å². The number of hydrogen-bond donors (Lipinski definition) is 1. The lowest BCUT2D eigenvalue weighted by atomic mass is 10.1. The van der Waals surface area contributed by atoms with Crippen LogP contribution >= 0.6 is 0 Å². The Morgan fingerprint density at radius 3 is 1.76 bits per heavy atom. The number of rotatable bonds is 4. The second kappa shape index (κ2) is 5.89. The van der Waals surface area contributed by atoms with E-state index in [0.717, 1.165) is 0 Å². The number of carbonyl (C=O) groups excluding carboxylic acids is 2. The van der Waals surface area contributed by atoms with Crippen molar-refractivity contribution in [2.24, 2.45) is 0 Å². The van der Waals surface area contributed by atoms with Crippen molar-refractivity contribution in [1.29, 1.82) is 0 Å². The monoisotopic (exact) mass is 238 g/mol. The van der Waals surface area contributed by atoms with Gasteiger partial charge >= 0.3 is 11.9 Å². The predicted octanol–water partition coefficient (Wildman–Crippen LogP) is 1.52. The van der Waals surface area contributed by atoms with Gasteiger partial charge in [-0.2, -0.15) is 0 Å². The van der Waals surface area contributed by atoms with Crippen LogP contribution in [0.4, 0.5) is 0 Å². The zero-order valence-electron chi connectivity index (χ0n) is 9.73. The first-order valence-electron chi connectivity index (χ1n) is 5.06. The minimum atomic E-state index is -0.394. The van der Waals surface area contributed by atoms with E-state index < -0.39 is 11.9 Å². The molecule has 0 saturated heterocycles. The summed E-state index contributed by atoms with van der Waals surface area (Å²) in [5.74, 6) is -0.749. The topological polar surface area (TPSA) is 72.8 Å². The SMILES string of the molecule is CC(=O)OCc1cc(O)cc(COC(C)=O)c1. The molecule has 0 fully saturated rings. The number of phenolic OH excluding ortho intramolecular Hbond substituents is 1. The largest absolute Gasteiger partial charge is 0.508 e. The van der Waals surface area contributed by atoms with E-state index in [4.69, 9.17) is 9.47 Å². The Morgan fingerprint density at radius 1 is 1.00 bits per heavy atom. The third-order valence-corrected chi connectivity index (χ3v) is 1.92. The first-order valence-corrected chi connectivity index (χ1v) is 5.06. The Morgan fingerprint density at radius 2 is 1.41 bits per heavy atom. The summed E-state index contributed by atoms with van der Waals surface area (Å²) in [6.07, 6.45) is 0. The highest BCUT2D eigenvalue weighted by Gasteiger charge is 2.03. The highest BCUT2D eigenvalue weighted by atomic mass is 16.5. The Hall–Kier alpha value is -2.04. The molecule has 0 aromatic heterocycles. The molecule has 92 valence electrons. The summed E-state index contributed by atoms with van der Waals surface area (Å²) in [5, 5.41) is 9.44. The van der Waals surface area contributed by atoms with Gasteiger partial charge in [0.25, 0.3) is 0 Å². The summed E-state index contributed by atoms with van der Waals surface area (Å²) >= 11 is 0. The fourth-order valence-corrected chi connectivity index (χ4v) is 1.28. The molecule has 1 aromatic carbocycles. The summed E-state index contributed by atoms with van der Waals surface area (Å²) in [5.41, 5.74) is 1.28. The van der Waals surface area contributed by atoms with E-state index >= 15 is 0 Å². The highest BCUT2D eigenvalue weighted by molar-refractivity contribution is 5.66. The minimum Gasteiger partial charge on any atom is -0.508 e. The maximum Gasteiger partial charge on any atom is 0.302 e. The number of benzene rings is 1. The molecule has 0 radical (unpaired) electrons. The number of hydrogen-bond acceptors (Lipinski definition) is 5. The Labute approximate surface area is 99.0 Å². The zero-order valence-corrected chi connectivity index (χ0v) is 9.73. The molecule has 5 heteroatoms. The van der Waals surface area contributed by atoms with Gasteiger partial charge in [-0.1, -0.05) is 0 Å². The molecule has 1 N–H and O–H groups in total. The van der Waals surface area contributed by atoms with Gasteiger partial charge in [0.05, 0.1) is 0 Å². The molecular formula is C12H14O5. The lowest BCUT2D eigenvalue weighted by Gasteiger charge is -2.07. The number of esters is 2. The zero-order chi connectivity index (χ0) is 12.8. The molecule has 0 atom stereocenters. The highest BCUT2D eigenvalue weighted by Crippen LogP contribution is 2.17. The van der Waals surface area contributed by atoms with Crippen LogP contribution < -0.4 is 0 Å². The summed E-state index contributed by atoms with van der Waals surface area (Å²) in [6, 6.07) is 4.67. The van der Waals surface area contributed by atoms with Crippen LogP contribution in [0.3, 0.4) is 0 Å². The molecule has 0 amide bonds. The van der Waals surface area contributed by atoms with E-state index in [1.807, 2.05) is 0 Å². The van der Waals surface area contributed by atoms with Crippen molar-refractivity contribution < 1.29 is 24.2 Å². The van der Waals surface area contributed by atoms with Crippen LogP contribution in [-0.2, 0) is 32.3 Å². The molecular weight excluding hydrogens is 224 g/mol. The van der Waals surface area contributed by atoms with Crippen molar-refractivity contribution >= 4 is 11.9 Å². The first kappa shape index (κ1) is 13.0. The molecule has 0 aliphatic carbocycles. The van der Waals surface area contributed by atoms with E-state index in [-0.39, 0.29) is 19.0 Å². The third-order valence-electron chi connectivity index (χ3n) is 1.92. The van der Waals surface area contributed by atoms with Crippen molar-refractivity contribution in [3.63, 3.8) is 0 Å². The molecule has 0 bridgehead atoms. The molecule has 0 aliphatic heterocycles. The van der Waals surface area contributed by atoms with Crippen molar-refractivity contribution in [1.82, 2.24) is 0 Å². The summed E-state index contributed by atoms with van der Waals surface area (Å²) in [4.78, 5) is 21.3. The van der Waals surface area contributed by atoms with Gasteiger partial charge in [0, 0.05) is 13.8 Å². The predicted molar refractivity (Wildman–Crippen MR) is 59.0 cm³/mol. The fraction of sp³-hybridized carbons (Fsp3) is 0.333. The second-order valence-electron chi connectivity index (χ2n) is 3.57. The smallest absolute Gasteiger partial charge is 0.302 e. The average Bonchev–Trinajstić information content (AvgIpc) is 2.23. The van der Waals surface area contributed by atoms with Gasteiger partial charge in [-0.15, -0.1) is 0 Å². The van der Waals surface area contributed by atoms with E-state index in [1.165, 1.54) is 26.0 Å². The summed E-state index contributed by atoms with van der Waals surface area (Å²) in [6.45, 7) is 2.78. The molecule has 0 aliphatic rings. The molecule has 0 heterocycles. The van der Waals surface area contributed by atoms with E-state index in [9.17, 15) is 14.7 Å². The maximum atomic E-state index is 10.6. The van der Waals surface area contributed by atoms with Gasteiger partial charge in [0.2, 0.25) is 0 Å². The van der Waals surface area contributed by atoms with Crippen LogP contribution in [0.25, 0.3) is 0 Å². The molecule has 0 saturated carbocycles. The first-order chi connectivity index (χ1) is 7.97. The van der Waals surface area contributed by atoms with Crippen molar-refractivity contribution in [3.8, 4) is 5.75 Å². The van der Waals surface area contributed by atoms with Gasteiger partial charge in [0.15, 0.2) is 0 Å². The third kappa shape index (κ3) is 5.01. The normalized spacial score (nSPS) is 9.76. The Kier molecular flexibility index (Phi) is 4.51. The average molecular weight is 238 g/mol. The quantitative estimate of drug-likeness (QED) is 0.805. The van der Waals surface area contributed by atoms with E-state index in [2.05, 4.69) is 0 Å². The number of ether oxygens (including phenoxy) is 2. The van der Waals surface area contributed by atoms with E-state index in [0.29, 0.717) is 11.1 Å². The van der Waals surface area contributed by atoms with Crippen molar-refractivity contribution in [2.75, 3.05) is 0 Å². The molecule has 0 spiro atoms. The van der Waals surface area contributed by atoms with Crippen LogP contribution in [0, 0.1) is 0 Å². The van der Waals surface area contributed by atoms with Crippen LogP contribution in [0.5, 0.6) is 5.75 Å². The minimum absolute atomic E-state index is 0.0387. The summed E-state index contributed by atoms with van der Waals surface area (Å²) < 4.78 is 9.61. The maximum absolute atomic E-state index is 10.6. The molecule has 1 aromatic rings. The van der Waals surface area contributed by atoms with Crippen LogP contribution in [0.15, 0.2) is 18.2 Å². The number of aromatic hydroxyl groups is 1. The lowest BCUT2D eigenvalue weighted by Crippen LogP contribution is -2.01. The standard InChI is InChI=1S/C12H14O5/c1-8(13)16-6-10-3-11(5-12(15)4-10)7-17-9(2)14/h3-5,15H,6-7H2,1-2H3. The number of carbonyl (C=O) groups is 2. The molecule has 1 rings (SSSR count). The summed E-state index contributed by atoms with van der Waals surface area (Å²) in [7, 11) is 0. The van der Waals surface area contributed by atoms with Gasteiger partial charge in [-0.25, -0.2) is 0 Å². The van der Waals surface area contributed by atoms with E-state index in [1.54, 1.807) is 6.07 Å². The Bertz CT molecular complexity index is 389. The lowest BCUT2D eigenvalue weighted by molar-refractivity contribution is -0.142. The second-order valence-corrected chi connectivity index (χ2v) is 3.57. The van der Waals surface area contributed by atoms with Gasteiger partial charge in [-0.05, 0) is 29.3 Å². The van der Waals surface area contributed by atoms with Gasteiger partial charge in [0.1, 0.15) is 19.0 Å². The molecule has 0 unspecified atom stereocenters. The van der Waals surface area contributed by atoms with Crippen LogP contribution in [0.1, 0.15) is 25.0 Å².